The number of rotatable bonds is 3. The maximum atomic E-state index is 11.7. The minimum Gasteiger partial charge on any atom is -0.428 e. The van der Waals surface area contributed by atoms with Gasteiger partial charge in [-0.05, 0) is 31.7 Å². The predicted octanol–water partition coefficient (Wildman–Crippen LogP) is 2.70. The molecule has 0 aromatic carbocycles. The summed E-state index contributed by atoms with van der Waals surface area (Å²) >= 11 is 0. The van der Waals surface area contributed by atoms with Gasteiger partial charge in [-0.15, -0.1) is 0 Å². The lowest BCUT2D eigenvalue weighted by molar-refractivity contribution is 0.0635. The molecular weight excluding hydrogens is 256 g/mol. The van der Waals surface area contributed by atoms with Gasteiger partial charge in [-0.1, -0.05) is 0 Å². The van der Waals surface area contributed by atoms with Crippen LogP contribution in [0.5, 0.6) is 0 Å². The molecule has 2 aromatic heterocycles. The number of hydrogen-bond donors (Lipinski definition) is 1. The lowest BCUT2D eigenvalue weighted by Gasteiger charge is -2.26. The maximum absolute atomic E-state index is 11.7. The van der Waals surface area contributed by atoms with Crippen LogP contribution in [0.15, 0.2) is 33.7 Å². The van der Waals surface area contributed by atoms with E-state index in [1.807, 2.05) is 6.07 Å². The first-order valence-electron chi connectivity index (χ1n) is 6.94. The topological polar surface area (TPSA) is 68.1 Å². The van der Waals surface area contributed by atoms with Crippen LogP contribution in [-0.2, 0) is 4.74 Å². The molecule has 1 N–H and O–H groups in total. The molecule has 0 unspecified atom stereocenters. The Morgan fingerprint density at radius 2 is 2.10 bits per heavy atom. The van der Waals surface area contributed by atoms with Crippen LogP contribution < -0.4 is 5.63 Å². The quantitative estimate of drug-likeness (QED) is 0.934. The van der Waals surface area contributed by atoms with Gasteiger partial charge in [0.1, 0.15) is 11.6 Å². The summed E-state index contributed by atoms with van der Waals surface area (Å²) in [6.45, 7) is 0. The minimum atomic E-state index is -0.317. The van der Waals surface area contributed by atoms with Gasteiger partial charge >= 0.3 is 5.63 Å². The minimum absolute atomic E-state index is 0.295. The molecule has 0 saturated heterocycles. The van der Waals surface area contributed by atoms with E-state index in [2.05, 4.69) is 9.97 Å². The lowest BCUT2D eigenvalue weighted by Crippen LogP contribution is -2.20. The number of nitrogens with one attached hydrogen (secondary N) is 1. The second-order valence-corrected chi connectivity index (χ2v) is 5.21. The van der Waals surface area contributed by atoms with Gasteiger partial charge in [-0.2, -0.15) is 0 Å². The Balaban J connectivity index is 1.85. The van der Waals surface area contributed by atoms with Crippen LogP contribution in [0.1, 0.15) is 37.4 Å². The Bertz CT molecular complexity index is 610. The molecule has 20 heavy (non-hydrogen) atoms. The summed E-state index contributed by atoms with van der Waals surface area (Å²) in [5.74, 6) is 1.76. The van der Waals surface area contributed by atoms with Crippen molar-refractivity contribution in [1.82, 2.24) is 9.97 Å². The number of H-pyrrole nitrogens is 1. The number of ether oxygens (including phenoxy) is 1. The Hall–Kier alpha value is -1.88. The summed E-state index contributed by atoms with van der Waals surface area (Å²) in [5.41, 5.74) is 0.470. The highest BCUT2D eigenvalue weighted by atomic mass is 16.5. The molecule has 1 aliphatic rings. The van der Waals surface area contributed by atoms with Crippen molar-refractivity contribution < 1.29 is 9.15 Å². The van der Waals surface area contributed by atoms with Gasteiger partial charge in [0, 0.05) is 37.1 Å². The molecule has 0 spiro atoms. The van der Waals surface area contributed by atoms with Crippen LogP contribution >= 0.6 is 0 Å². The van der Waals surface area contributed by atoms with Crippen molar-refractivity contribution in [2.75, 3.05) is 7.11 Å². The van der Waals surface area contributed by atoms with Gasteiger partial charge in [0.05, 0.1) is 6.10 Å². The highest BCUT2D eigenvalue weighted by molar-refractivity contribution is 5.54. The lowest BCUT2D eigenvalue weighted by atomic mass is 9.85. The summed E-state index contributed by atoms with van der Waals surface area (Å²) in [4.78, 5) is 18.9. The van der Waals surface area contributed by atoms with Gasteiger partial charge in [0.25, 0.3) is 0 Å². The van der Waals surface area contributed by atoms with Crippen LogP contribution in [0.4, 0.5) is 0 Å². The van der Waals surface area contributed by atoms with Crippen LogP contribution in [-0.4, -0.2) is 23.2 Å². The molecule has 2 heterocycles. The van der Waals surface area contributed by atoms with E-state index >= 15 is 0 Å². The van der Waals surface area contributed by atoms with Crippen LogP contribution in [0, 0.1) is 0 Å². The Kier molecular flexibility index (Phi) is 3.69. The summed E-state index contributed by atoms with van der Waals surface area (Å²) in [7, 11) is 1.75. The van der Waals surface area contributed by atoms with Crippen molar-refractivity contribution >= 4 is 0 Å². The molecule has 0 atom stereocenters. The first-order chi connectivity index (χ1) is 9.76. The molecule has 106 valence electrons. The van der Waals surface area contributed by atoms with Gasteiger partial charge in [-0.3, -0.25) is 0 Å². The SMILES string of the molecule is COC1CCC(c2cc(-c3ncc[nH]3)cc(=O)o2)CC1. The standard InChI is InChI=1S/C15H18N2O3/c1-19-12-4-2-10(3-5-12)13-8-11(9-14(18)20-13)15-16-6-7-17-15/h6-10,12H,2-5H2,1H3,(H,16,17). The molecule has 1 aliphatic carbocycles. The zero-order valence-electron chi connectivity index (χ0n) is 11.5. The molecule has 0 radical (unpaired) electrons. The van der Waals surface area contributed by atoms with Crippen molar-refractivity contribution in [3.63, 3.8) is 0 Å². The average molecular weight is 274 g/mol. The number of aromatic nitrogens is 2. The summed E-state index contributed by atoms with van der Waals surface area (Å²) in [5, 5.41) is 0. The number of imidazole rings is 1. The van der Waals surface area contributed by atoms with Crippen LogP contribution in [0.25, 0.3) is 11.4 Å². The number of nitrogens with zero attached hydrogens (tertiary/aromatic N) is 1. The molecule has 5 heteroatoms. The Morgan fingerprint density at radius 1 is 1.30 bits per heavy atom. The number of aromatic amines is 1. The highest BCUT2D eigenvalue weighted by Crippen LogP contribution is 2.34. The van der Waals surface area contributed by atoms with E-state index in [4.69, 9.17) is 9.15 Å². The third-order valence-corrected chi connectivity index (χ3v) is 3.97. The second kappa shape index (κ2) is 5.63. The third-order valence-electron chi connectivity index (χ3n) is 3.97. The van der Waals surface area contributed by atoms with E-state index in [1.54, 1.807) is 19.5 Å². The average Bonchev–Trinajstić information content (AvgIpc) is 3.01. The maximum Gasteiger partial charge on any atom is 0.336 e. The summed E-state index contributed by atoms with van der Waals surface area (Å²) < 4.78 is 10.8. The van der Waals surface area contributed by atoms with Crippen molar-refractivity contribution in [1.29, 1.82) is 0 Å². The second-order valence-electron chi connectivity index (χ2n) is 5.21. The van der Waals surface area contributed by atoms with Crippen molar-refractivity contribution in [2.45, 2.75) is 37.7 Å². The monoisotopic (exact) mass is 274 g/mol. The van der Waals surface area contributed by atoms with E-state index < -0.39 is 0 Å². The molecule has 1 saturated carbocycles. The van der Waals surface area contributed by atoms with Crippen molar-refractivity contribution in [3.05, 3.63) is 40.7 Å². The summed E-state index contributed by atoms with van der Waals surface area (Å²) in [6, 6.07) is 3.40. The molecule has 0 bridgehead atoms. The van der Waals surface area contributed by atoms with E-state index in [-0.39, 0.29) is 5.63 Å². The Morgan fingerprint density at radius 3 is 2.75 bits per heavy atom. The molecule has 1 fully saturated rings. The fourth-order valence-electron chi connectivity index (χ4n) is 2.84. The van der Waals surface area contributed by atoms with E-state index in [0.29, 0.717) is 17.8 Å². The van der Waals surface area contributed by atoms with Crippen molar-refractivity contribution in [2.24, 2.45) is 0 Å². The number of hydrogen-bond acceptors (Lipinski definition) is 4. The molecule has 3 rings (SSSR count). The third kappa shape index (κ3) is 2.67. The van der Waals surface area contributed by atoms with E-state index in [0.717, 1.165) is 37.0 Å². The van der Waals surface area contributed by atoms with E-state index in [1.165, 1.54) is 6.07 Å². The fraction of sp³-hybridized carbons (Fsp3) is 0.467. The molecular formula is C15H18N2O3. The van der Waals surface area contributed by atoms with Crippen molar-refractivity contribution in [3.8, 4) is 11.4 Å². The first kappa shape index (κ1) is 13.1. The molecule has 0 aliphatic heterocycles. The normalized spacial score (nSPS) is 22.9. The van der Waals surface area contributed by atoms with Gasteiger partial charge < -0.3 is 14.1 Å². The zero-order valence-corrected chi connectivity index (χ0v) is 11.5. The smallest absolute Gasteiger partial charge is 0.336 e. The number of methoxy groups -OCH3 is 1. The summed E-state index contributed by atoms with van der Waals surface area (Å²) in [6.07, 6.45) is 7.75. The molecule has 5 nitrogen and oxygen atoms in total. The largest absolute Gasteiger partial charge is 0.428 e. The van der Waals surface area contributed by atoms with Gasteiger partial charge in [0.15, 0.2) is 0 Å². The first-order valence-corrected chi connectivity index (χ1v) is 6.94. The highest BCUT2D eigenvalue weighted by Gasteiger charge is 2.24. The Labute approximate surface area is 117 Å². The van der Waals surface area contributed by atoms with Gasteiger partial charge in [0.2, 0.25) is 0 Å². The van der Waals surface area contributed by atoms with Crippen LogP contribution in [0.3, 0.4) is 0 Å². The van der Waals surface area contributed by atoms with E-state index in [9.17, 15) is 4.79 Å². The fourth-order valence-corrected chi connectivity index (χ4v) is 2.84. The van der Waals surface area contributed by atoms with Crippen LogP contribution in [0.2, 0.25) is 0 Å². The predicted molar refractivity (Wildman–Crippen MR) is 74.6 cm³/mol. The molecule has 0 amide bonds. The molecule has 2 aromatic rings. The van der Waals surface area contributed by atoms with Gasteiger partial charge in [-0.25, -0.2) is 9.78 Å². The zero-order chi connectivity index (χ0) is 13.9.